The second-order valence-corrected chi connectivity index (χ2v) is 8.27. The Morgan fingerprint density at radius 2 is 1.71 bits per heavy atom. The molecule has 3 aromatic carbocycles. The van der Waals surface area contributed by atoms with Gasteiger partial charge in [-0.05, 0) is 54.4 Å². The van der Waals surface area contributed by atoms with Gasteiger partial charge in [-0.1, -0.05) is 36.4 Å². The van der Waals surface area contributed by atoms with Crippen molar-refractivity contribution in [3.05, 3.63) is 101 Å². The number of methoxy groups -OCH3 is 2. The fourth-order valence-electron chi connectivity index (χ4n) is 4.42. The number of para-hydroxylation sites is 1. The van der Waals surface area contributed by atoms with Crippen molar-refractivity contribution >= 4 is 28.3 Å². The number of aliphatic hydroxyl groups excluding tert-OH is 1. The van der Waals surface area contributed by atoms with Crippen LogP contribution < -0.4 is 14.4 Å². The van der Waals surface area contributed by atoms with Crippen LogP contribution in [0.5, 0.6) is 11.5 Å². The Morgan fingerprint density at radius 3 is 2.40 bits per heavy atom. The summed E-state index contributed by atoms with van der Waals surface area (Å²) in [6.45, 7) is 1.91. The molecule has 1 atom stereocenters. The molecule has 0 saturated carbocycles. The fourth-order valence-corrected chi connectivity index (χ4v) is 4.42. The number of benzene rings is 3. The van der Waals surface area contributed by atoms with Crippen LogP contribution in [0.2, 0.25) is 0 Å². The van der Waals surface area contributed by atoms with E-state index in [4.69, 9.17) is 13.9 Å². The highest BCUT2D eigenvalue weighted by atomic mass is 16.5. The highest BCUT2D eigenvalue weighted by Gasteiger charge is 2.45. The lowest BCUT2D eigenvalue weighted by molar-refractivity contribution is -0.117. The molecule has 0 fully saturated rings. The van der Waals surface area contributed by atoms with E-state index < -0.39 is 23.5 Å². The van der Waals surface area contributed by atoms with Gasteiger partial charge in [0.15, 0.2) is 22.9 Å². The smallest absolute Gasteiger partial charge is 0.294 e. The van der Waals surface area contributed by atoms with Gasteiger partial charge in [-0.15, -0.1) is 0 Å². The summed E-state index contributed by atoms with van der Waals surface area (Å²) in [5.41, 5.74) is 2.50. The molecule has 0 radical (unpaired) electrons. The molecule has 0 bridgehead atoms. The summed E-state index contributed by atoms with van der Waals surface area (Å²) >= 11 is 0. The Bertz CT molecular complexity index is 1480. The summed E-state index contributed by atoms with van der Waals surface area (Å²) in [6, 6.07) is 20.4. The minimum atomic E-state index is -0.863. The molecule has 7 nitrogen and oxygen atoms in total. The van der Waals surface area contributed by atoms with Crippen LogP contribution in [-0.2, 0) is 4.79 Å². The van der Waals surface area contributed by atoms with Gasteiger partial charge >= 0.3 is 0 Å². The number of hydrogen-bond acceptors (Lipinski definition) is 6. The SMILES string of the molecule is COc1ccc(C2C(C(=O)c3cc4cccc(OC)c4o3)=C(O)C(=O)N2c2cccc(C)c2)cc1. The normalized spacial score (nSPS) is 15.7. The summed E-state index contributed by atoms with van der Waals surface area (Å²) in [6.07, 6.45) is 0. The number of rotatable bonds is 6. The molecule has 1 aliphatic rings. The predicted molar refractivity (Wildman–Crippen MR) is 131 cm³/mol. The number of hydrogen-bond donors (Lipinski definition) is 1. The third kappa shape index (κ3) is 3.71. The molecule has 0 aliphatic carbocycles. The number of Topliss-reactive ketones (excluding diaryl/α,β-unsaturated/α-hetero) is 1. The second-order valence-electron chi connectivity index (χ2n) is 8.27. The topological polar surface area (TPSA) is 89.2 Å². The predicted octanol–water partition coefficient (Wildman–Crippen LogP) is 5.54. The second kappa shape index (κ2) is 8.68. The van der Waals surface area contributed by atoms with E-state index >= 15 is 0 Å². The van der Waals surface area contributed by atoms with E-state index in [1.807, 2.05) is 25.1 Å². The maximum Gasteiger partial charge on any atom is 0.294 e. The van der Waals surface area contributed by atoms with E-state index in [0.717, 1.165) is 5.56 Å². The molecule has 0 saturated heterocycles. The van der Waals surface area contributed by atoms with Crippen molar-refractivity contribution < 1.29 is 28.6 Å². The average molecular weight is 469 g/mol. The minimum absolute atomic E-state index is 0.00320. The standard InChI is InChI=1S/C28H23NO6/c1-16-6-4-8-19(14-16)29-24(17-10-12-20(33-2)13-11-17)23(26(31)28(29)32)25(30)22-15-18-7-5-9-21(34-3)27(18)35-22/h4-15,24,31H,1-3H3. The molecule has 0 spiro atoms. The van der Waals surface area contributed by atoms with Gasteiger partial charge < -0.3 is 19.0 Å². The Kier molecular flexibility index (Phi) is 5.53. The highest BCUT2D eigenvalue weighted by molar-refractivity contribution is 6.20. The van der Waals surface area contributed by atoms with Gasteiger partial charge in [0.2, 0.25) is 5.78 Å². The van der Waals surface area contributed by atoms with E-state index in [1.54, 1.807) is 61.7 Å². The Morgan fingerprint density at radius 1 is 0.971 bits per heavy atom. The van der Waals surface area contributed by atoms with Gasteiger partial charge in [-0.25, -0.2) is 0 Å². The molecule has 1 aliphatic heterocycles. The van der Waals surface area contributed by atoms with Gasteiger partial charge in [-0.3, -0.25) is 14.5 Å². The Labute approximate surface area is 201 Å². The summed E-state index contributed by atoms with van der Waals surface area (Å²) in [5, 5.41) is 11.6. The van der Waals surface area contributed by atoms with Crippen molar-refractivity contribution in [2.45, 2.75) is 13.0 Å². The van der Waals surface area contributed by atoms with Crippen LogP contribution in [0, 0.1) is 6.92 Å². The van der Waals surface area contributed by atoms with Gasteiger partial charge in [0, 0.05) is 11.1 Å². The maximum absolute atomic E-state index is 13.8. The Hall–Kier alpha value is -4.52. The monoisotopic (exact) mass is 469 g/mol. The van der Waals surface area contributed by atoms with Crippen LogP contribution in [0.25, 0.3) is 11.0 Å². The number of ether oxygens (including phenoxy) is 2. The van der Waals surface area contributed by atoms with E-state index in [1.165, 1.54) is 12.0 Å². The lowest BCUT2D eigenvalue weighted by atomic mass is 9.94. The van der Waals surface area contributed by atoms with E-state index in [-0.39, 0.29) is 11.3 Å². The first kappa shape index (κ1) is 22.3. The molecule has 7 heteroatoms. The number of carbonyl (C=O) groups excluding carboxylic acids is 2. The largest absolute Gasteiger partial charge is 0.503 e. The zero-order valence-electron chi connectivity index (χ0n) is 19.4. The minimum Gasteiger partial charge on any atom is -0.503 e. The van der Waals surface area contributed by atoms with Crippen molar-refractivity contribution in [3.8, 4) is 11.5 Å². The third-order valence-electron chi connectivity index (χ3n) is 6.12. The number of anilines is 1. The number of fused-ring (bicyclic) bond motifs is 1. The zero-order valence-corrected chi connectivity index (χ0v) is 19.4. The molecule has 4 aromatic rings. The van der Waals surface area contributed by atoms with Crippen LogP contribution >= 0.6 is 0 Å². The van der Waals surface area contributed by atoms with Crippen molar-refractivity contribution in [2.75, 3.05) is 19.1 Å². The van der Waals surface area contributed by atoms with Gasteiger partial charge in [-0.2, -0.15) is 0 Å². The van der Waals surface area contributed by atoms with Gasteiger partial charge in [0.25, 0.3) is 5.91 Å². The zero-order chi connectivity index (χ0) is 24.7. The lowest BCUT2D eigenvalue weighted by Gasteiger charge is -2.27. The van der Waals surface area contributed by atoms with Crippen molar-refractivity contribution in [2.24, 2.45) is 0 Å². The van der Waals surface area contributed by atoms with E-state index in [9.17, 15) is 14.7 Å². The maximum atomic E-state index is 13.8. The number of carbonyl (C=O) groups is 2. The van der Waals surface area contributed by atoms with Crippen molar-refractivity contribution in [1.29, 1.82) is 0 Å². The first-order valence-corrected chi connectivity index (χ1v) is 11.0. The van der Waals surface area contributed by atoms with Crippen LogP contribution in [0.1, 0.15) is 27.7 Å². The third-order valence-corrected chi connectivity index (χ3v) is 6.12. The highest BCUT2D eigenvalue weighted by Crippen LogP contribution is 2.43. The number of aryl methyl sites for hydroxylation is 1. The number of ketones is 1. The molecular weight excluding hydrogens is 446 g/mol. The quantitative estimate of drug-likeness (QED) is 0.373. The number of aliphatic hydroxyl groups is 1. The van der Waals surface area contributed by atoms with Crippen molar-refractivity contribution in [1.82, 2.24) is 0 Å². The molecule has 5 rings (SSSR count). The molecule has 1 N–H and O–H groups in total. The van der Waals surface area contributed by atoms with Crippen molar-refractivity contribution in [3.63, 3.8) is 0 Å². The molecular formula is C28H23NO6. The first-order chi connectivity index (χ1) is 16.9. The lowest BCUT2D eigenvalue weighted by Crippen LogP contribution is -2.31. The molecule has 2 heterocycles. The molecule has 1 unspecified atom stereocenters. The fraction of sp³-hybridized carbons (Fsp3) is 0.143. The van der Waals surface area contributed by atoms with Crippen LogP contribution in [-0.4, -0.2) is 31.0 Å². The molecule has 35 heavy (non-hydrogen) atoms. The first-order valence-electron chi connectivity index (χ1n) is 11.0. The summed E-state index contributed by atoms with van der Waals surface area (Å²) in [7, 11) is 3.08. The summed E-state index contributed by atoms with van der Waals surface area (Å²) in [4.78, 5) is 28.5. The van der Waals surface area contributed by atoms with Gasteiger partial charge in [0.1, 0.15) is 5.75 Å². The summed E-state index contributed by atoms with van der Waals surface area (Å²) in [5.74, 6) is -0.729. The van der Waals surface area contributed by atoms with Crippen LogP contribution in [0.3, 0.4) is 0 Å². The molecule has 1 aromatic heterocycles. The molecule has 1 amide bonds. The average Bonchev–Trinajstić information content (AvgIpc) is 3.43. The Balaban J connectivity index is 1.66. The number of amides is 1. The van der Waals surface area contributed by atoms with E-state index in [2.05, 4.69) is 0 Å². The van der Waals surface area contributed by atoms with Crippen LogP contribution in [0.15, 0.2) is 88.5 Å². The van der Waals surface area contributed by atoms with Gasteiger partial charge in [0.05, 0.1) is 25.8 Å². The molecule has 176 valence electrons. The summed E-state index contributed by atoms with van der Waals surface area (Å²) < 4.78 is 16.5. The van der Waals surface area contributed by atoms with Crippen LogP contribution in [0.4, 0.5) is 5.69 Å². The number of furan rings is 1. The number of nitrogens with zero attached hydrogens (tertiary/aromatic N) is 1. The van der Waals surface area contributed by atoms with E-state index in [0.29, 0.717) is 33.7 Å².